The highest BCUT2D eigenvalue weighted by Crippen LogP contribution is 2.39. The lowest BCUT2D eigenvalue weighted by Crippen LogP contribution is -2.44. The molecule has 0 radical (unpaired) electrons. The molecule has 1 aromatic heterocycles. The average Bonchev–Trinajstić information content (AvgIpc) is 2.94. The first-order valence-electron chi connectivity index (χ1n) is 8.65. The normalized spacial score (nSPS) is 24.0. The average molecular weight is 348 g/mol. The second kappa shape index (κ2) is 7.95. The number of amides is 1. The number of thiazole rings is 1. The predicted octanol–water partition coefficient (Wildman–Crippen LogP) is 3.12. The first-order chi connectivity index (χ1) is 11.7. The fourth-order valence-electron chi connectivity index (χ4n) is 3.59. The molecule has 1 aromatic rings. The molecule has 130 valence electrons. The lowest BCUT2D eigenvalue weighted by atomic mass is 9.80. The van der Waals surface area contributed by atoms with Crippen molar-refractivity contribution in [3.63, 3.8) is 0 Å². The number of carbonyl (C=O) groups is 1. The lowest BCUT2D eigenvalue weighted by Gasteiger charge is -2.32. The maximum atomic E-state index is 12.3. The highest BCUT2D eigenvalue weighted by atomic mass is 32.1. The van der Waals surface area contributed by atoms with Crippen molar-refractivity contribution in [3.05, 3.63) is 10.6 Å². The topological polar surface area (TPSA) is 87.0 Å². The van der Waals surface area contributed by atoms with Gasteiger partial charge in [0, 0.05) is 23.9 Å². The van der Waals surface area contributed by atoms with Gasteiger partial charge in [0.2, 0.25) is 5.91 Å². The molecule has 0 atom stereocenters. The molecule has 0 unspecified atom stereocenters. The van der Waals surface area contributed by atoms with Crippen LogP contribution in [-0.2, 0) is 16.1 Å². The number of ether oxygens (including phenoxy) is 1. The Bertz CT molecular complexity index is 613. The fourth-order valence-corrected chi connectivity index (χ4v) is 4.73. The van der Waals surface area contributed by atoms with E-state index in [-0.39, 0.29) is 17.9 Å². The maximum absolute atomic E-state index is 12.3. The molecule has 24 heavy (non-hydrogen) atoms. The molecule has 0 bridgehead atoms. The zero-order chi connectivity index (χ0) is 16.9. The number of hydrogen-bond donors (Lipinski definition) is 2. The zero-order valence-electron chi connectivity index (χ0n) is 14.0. The van der Waals surface area contributed by atoms with E-state index in [1.165, 1.54) is 37.0 Å². The Morgan fingerprint density at radius 2 is 2.12 bits per heavy atom. The predicted molar refractivity (Wildman–Crippen MR) is 92.5 cm³/mol. The molecule has 0 aromatic carbocycles. The minimum atomic E-state index is -0.0243. The summed E-state index contributed by atoms with van der Waals surface area (Å²) in [5, 5.41) is 14.9. The van der Waals surface area contributed by atoms with E-state index in [0.717, 1.165) is 5.69 Å². The van der Waals surface area contributed by atoms with Crippen molar-refractivity contribution >= 4 is 22.4 Å². The molecule has 3 rings (SSSR count). The molecule has 2 aliphatic rings. The Morgan fingerprint density at radius 3 is 2.79 bits per heavy atom. The van der Waals surface area contributed by atoms with Gasteiger partial charge in [-0.2, -0.15) is 5.26 Å². The van der Waals surface area contributed by atoms with Gasteiger partial charge in [0.15, 0.2) is 11.3 Å². The summed E-state index contributed by atoms with van der Waals surface area (Å²) in [6.45, 7) is 0.496. The number of aromatic nitrogens is 1. The molecule has 1 heterocycles. The van der Waals surface area contributed by atoms with Gasteiger partial charge >= 0.3 is 0 Å². The molecular weight excluding hydrogens is 324 g/mol. The van der Waals surface area contributed by atoms with Gasteiger partial charge in [-0.05, 0) is 31.6 Å². The van der Waals surface area contributed by atoms with Crippen LogP contribution in [0.3, 0.4) is 0 Å². The number of methoxy groups -OCH3 is 1. The molecule has 7 heteroatoms. The van der Waals surface area contributed by atoms with Crippen molar-refractivity contribution in [2.24, 2.45) is 5.92 Å². The number of rotatable bonds is 6. The summed E-state index contributed by atoms with van der Waals surface area (Å²) in [5.41, 5.74) is 0.974. The third kappa shape index (κ3) is 3.87. The molecule has 0 saturated heterocycles. The van der Waals surface area contributed by atoms with Crippen LogP contribution in [0.1, 0.15) is 61.4 Å². The van der Waals surface area contributed by atoms with Crippen molar-refractivity contribution < 1.29 is 9.53 Å². The van der Waals surface area contributed by atoms with Crippen LogP contribution < -0.4 is 10.6 Å². The molecule has 0 spiro atoms. The summed E-state index contributed by atoms with van der Waals surface area (Å²) >= 11 is 1.61. The van der Waals surface area contributed by atoms with Crippen LogP contribution in [0.5, 0.6) is 0 Å². The maximum Gasteiger partial charge on any atom is 0.229 e. The van der Waals surface area contributed by atoms with E-state index >= 15 is 0 Å². The molecular formula is C17H24N4O2S. The molecule has 2 saturated carbocycles. The second-order valence-electron chi connectivity index (χ2n) is 6.71. The standard InChI is InChI=1S/C17H24N4O2S/c1-23-9-14-15(11-5-3-2-4-6-11)24-17(20-14)21-16(22)12-7-13(8-12)19-10-18/h11-13,19H,2-9H2,1H3,(H,20,21,22). The van der Waals surface area contributed by atoms with Crippen molar-refractivity contribution in [2.75, 3.05) is 12.4 Å². The first kappa shape index (κ1) is 17.2. The van der Waals surface area contributed by atoms with E-state index < -0.39 is 0 Å². The highest BCUT2D eigenvalue weighted by molar-refractivity contribution is 7.16. The van der Waals surface area contributed by atoms with E-state index in [1.807, 2.05) is 6.19 Å². The summed E-state index contributed by atoms with van der Waals surface area (Å²) in [6.07, 6.45) is 9.63. The van der Waals surface area contributed by atoms with Crippen LogP contribution >= 0.6 is 11.3 Å². The van der Waals surface area contributed by atoms with Gasteiger partial charge < -0.3 is 15.4 Å². The molecule has 2 N–H and O–H groups in total. The molecule has 2 fully saturated rings. The summed E-state index contributed by atoms with van der Waals surface area (Å²) in [5.74, 6) is 0.544. The Labute approximate surface area is 146 Å². The van der Waals surface area contributed by atoms with Crippen LogP contribution in [0.25, 0.3) is 0 Å². The number of nitrogens with one attached hydrogen (secondary N) is 2. The van der Waals surface area contributed by atoms with Crippen LogP contribution in [-0.4, -0.2) is 24.0 Å². The van der Waals surface area contributed by atoms with Gasteiger partial charge in [-0.3, -0.25) is 4.79 Å². The number of carbonyl (C=O) groups excluding carboxylic acids is 1. The van der Waals surface area contributed by atoms with Crippen LogP contribution in [0.2, 0.25) is 0 Å². The van der Waals surface area contributed by atoms with Gasteiger partial charge in [0.05, 0.1) is 12.3 Å². The Morgan fingerprint density at radius 1 is 1.38 bits per heavy atom. The summed E-state index contributed by atoms with van der Waals surface area (Å²) in [7, 11) is 1.68. The van der Waals surface area contributed by atoms with E-state index in [9.17, 15) is 4.79 Å². The summed E-state index contributed by atoms with van der Waals surface area (Å²) in [4.78, 5) is 18.2. The second-order valence-corrected chi connectivity index (χ2v) is 7.74. The molecule has 6 nitrogen and oxygen atoms in total. The minimum Gasteiger partial charge on any atom is -0.378 e. The van der Waals surface area contributed by atoms with Crippen molar-refractivity contribution in [1.29, 1.82) is 5.26 Å². The van der Waals surface area contributed by atoms with E-state index in [2.05, 4.69) is 15.6 Å². The quantitative estimate of drug-likeness (QED) is 0.609. The minimum absolute atomic E-state index is 0.0129. The van der Waals surface area contributed by atoms with Gasteiger partial charge in [-0.25, -0.2) is 4.98 Å². The van der Waals surface area contributed by atoms with Crippen LogP contribution in [0, 0.1) is 17.4 Å². The van der Waals surface area contributed by atoms with Crippen LogP contribution in [0.15, 0.2) is 0 Å². The first-order valence-corrected chi connectivity index (χ1v) is 9.47. The number of nitriles is 1. The molecule has 0 aliphatic heterocycles. The fraction of sp³-hybridized carbons (Fsp3) is 0.706. The van der Waals surface area contributed by atoms with Crippen LogP contribution in [0.4, 0.5) is 5.13 Å². The van der Waals surface area contributed by atoms with Crippen molar-refractivity contribution in [1.82, 2.24) is 10.3 Å². The monoisotopic (exact) mass is 348 g/mol. The third-order valence-corrected chi connectivity index (χ3v) is 6.17. The summed E-state index contributed by atoms with van der Waals surface area (Å²) in [6, 6.07) is 0.142. The Balaban J connectivity index is 1.63. The summed E-state index contributed by atoms with van der Waals surface area (Å²) < 4.78 is 5.29. The molecule has 2 aliphatic carbocycles. The third-order valence-electron chi connectivity index (χ3n) is 4.99. The van der Waals surface area contributed by atoms with E-state index in [4.69, 9.17) is 10.00 Å². The number of hydrogen-bond acceptors (Lipinski definition) is 6. The van der Waals surface area contributed by atoms with E-state index in [1.54, 1.807) is 18.4 Å². The van der Waals surface area contributed by atoms with Gasteiger partial charge in [-0.15, -0.1) is 11.3 Å². The molecule has 1 amide bonds. The lowest BCUT2D eigenvalue weighted by molar-refractivity contribution is -0.122. The van der Waals surface area contributed by atoms with Gasteiger partial charge in [0.25, 0.3) is 0 Å². The number of nitrogens with zero attached hydrogens (tertiary/aromatic N) is 2. The van der Waals surface area contributed by atoms with Crippen molar-refractivity contribution in [2.45, 2.75) is 63.5 Å². The Hall–Kier alpha value is -1.65. The Kier molecular flexibility index (Phi) is 5.69. The largest absolute Gasteiger partial charge is 0.378 e. The van der Waals surface area contributed by atoms with Gasteiger partial charge in [-0.1, -0.05) is 19.3 Å². The SMILES string of the molecule is COCc1nc(NC(=O)C2CC(NC#N)C2)sc1C1CCCCC1. The van der Waals surface area contributed by atoms with Gasteiger partial charge in [0.1, 0.15) is 0 Å². The smallest absolute Gasteiger partial charge is 0.229 e. The zero-order valence-corrected chi connectivity index (χ0v) is 14.8. The number of anilines is 1. The van der Waals surface area contributed by atoms with Crippen molar-refractivity contribution in [3.8, 4) is 6.19 Å². The van der Waals surface area contributed by atoms with E-state index in [0.29, 0.717) is 30.5 Å². The highest BCUT2D eigenvalue weighted by Gasteiger charge is 2.35.